The van der Waals surface area contributed by atoms with Crippen LogP contribution >= 0.6 is 0 Å². The predicted octanol–water partition coefficient (Wildman–Crippen LogP) is 3.10. The van der Waals surface area contributed by atoms with Crippen molar-refractivity contribution in [1.82, 2.24) is 4.90 Å². The van der Waals surface area contributed by atoms with Crippen LogP contribution in [-0.4, -0.2) is 35.1 Å². The molecule has 1 aromatic rings. The van der Waals surface area contributed by atoms with Crippen molar-refractivity contribution in [1.29, 1.82) is 0 Å². The summed E-state index contributed by atoms with van der Waals surface area (Å²) >= 11 is 0. The van der Waals surface area contributed by atoms with Gasteiger partial charge in [0.05, 0.1) is 11.3 Å². The van der Waals surface area contributed by atoms with Gasteiger partial charge < -0.3 is 15.3 Å². The fraction of sp³-hybridized carbons (Fsp3) is 0.467. The van der Waals surface area contributed by atoms with Crippen LogP contribution in [0.25, 0.3) is 0 Å². The molecule has 1 saturated carbocycles. The third-order valence-electron chi connectivity index (χ3n) is 3.92. The standard InChI is InChI=1S/C15H20N2O3/c1-10-6-5-9-12(13(10)14(18)19)16-15(20)17(2)11-7-3-4-8-11/h5-6,9,11H,3-4,7-8H2,1-2H3,(H,16,20)(H,18,19). The van der Waals surface area contributed by atoms with Gasteiger partial charge in [0.2, 0.25) is 0 Å². The molecule has 0 unspecified atom stereocenters. The van der Waals surface area contributed by atoms with Crippen molar-refractivity contribution in [3.8, 4) is 0 Å². The number of hydrogen-bond acceptors (Lipinski definition) is 2. The van der Waals surface area contributed by atoms with Crippen molar-refractivity contribution in [3.05, 3.63) is 29.3 Å². The lowest BCUT2D eigenvalue weighted by molar-refractivity contribution is 0.0697. The number of aryl methyl sites for hydroxylation is 1. The Balaban J connectivity index is 2.15. The zero-order valence-electron chi connectivity index (χ0n) is 11.8. The number of urea groups is 1. The van der Waals surface area contributed by atoms with Gasteiger partial charge in [-0.1, -0.05) is 25.0 Å². The summed E-state index contributed by atoms with van der Waals surface area (Å²) in [6, 6.07) is 5.10. The molecular formula is C15H20N2O3. The predicted molar refractivity (Wildman–Crippen MR) is 77.2 cm³/mol. The van der Waals surface area contributed by atoms with Gasteiger partial charge in [0.15, 0.2) is 0 Å². The van der Waals surface area contributed by atoms with Crippen LogP contribution in [0.15, 0.2) is 18.2 Å². The van der Waals surface area contributed by atoms with Gasteiger partial charge in [-0.25, -0.2) is 9.59 Å². The maximum absolute atomic E-state index is 12.2. The second kappa shape index (κ2) is 5.94. The molecule has 5 heteroatoms. The normalized spacial score (nSPS) is 15.1. The molecule has 0 spiro atoms. The summed E-state index contributed by atoms with van der Waals surface area (Å²) in [6.07, 6.45) is 4.33. The molecule has 0 aromatic heterocycles. The van der Waals surface area contributed by atoms with Gasteiger partial charge in [-0.15, -0.1) is 0 Å². The molecule has 108 valence electrons. The minimum Gasteiger partial charge on any atom is -0.478 e. The number of amides is 2. The van der Waals surface area contributed by atoms with Crippen molar-refractivity contribution in [2.45, 2.75) is 38.6 Å². The first kappa shape index (κ1) is 14.4. The first-order valence-corrected chi connectivity index (χ1v) is 6.87. The van der Waals surface area contributed by atoms with Crippen LogP contribution in [0.2, 0.25) is 0 Å². The minimum atomic E-state index is -1.03. The second-order valence-corrected chi connectivity index (χ2v) is 5.28. The summed E-state index contributed by atoms with van der Waals surface area (Å²) in [7, 11) is 1.77. The summed E-state index contributed by atoms with van der Waals surface area (Å²) in [5.74, 6) is -1.03. The average molecular weight is 276 g/mol. The van der Waals surface area contributed by atoms with Gasteiger partial charge in [0.1, 0.15) is 0 Å². The Hall–Kier alpha value is -2.04. The Kier molecular flexibility index (Phi) is 4.27. The molecule has 2 N–H and O–H groups in total. The summed E-state index contributed by atoms with van der Waals surface area (Å²) in [4.78, 5) is 25.2. The molecule has 20 heavy (non-hydrogen) atoms. The number of rotatable bonds is 3. The number of carboxylic acid groups (broad SMARTS) is 1. The maximum atomic E-state index is 12.2. The fourth-order valence-corrected chi connectivity index (χ4v) is 2.72. The largest absolute Gasteiger partial charge is 0.478 e. The van der Waals surface area contributed by atoms with Gasteiger partial charge in [0.25, 0.3) is 0 Å². The minimum absolute atomic E-state index is 0.153. The first-order valence-electron chi connectivity index (χ1n) is 6.87. The summed E-state index contributed by atoms with van der Waals surface area (Å²) in [5.41, 5.74) is 1.15. The number of carboxylic acids is 1. The molecule has 0 saturated heterocycles. The quantitative estimate of drug-likeness (QED) is 0.891. The van der Waals surface area contributed by atoms with E-state index in [0.29, 0.717) is 11.3 Å². The van der Waals surface area contributed by atoms with Gasteiger partial charge in [-0.3, -0.25) is 0 Å². The lowest BCUT2D eigenvalue weighted by Crippen LogP contribution is -2.38. The van der Waals surface area contributed by atoms with E-state index in [2.05, 4.69) is 5.32 Å². The summed E-state index contributed by atoms with van der Waals surface area (Å²) in [6.45, 7) is 1.72. The van der Waals surface area contributed by atoms with Crippen molar-refractivity contribution in [2.24, 2.45) is 0 Å². The van der Waals surface area contributed by atoms with E-state index in [1.807, 2.05) is 0 Å². The molecule has 0 bridgehead atoms. The molecule has 1 aliphatic rings. The fourth-order valence-electron chi connectivity index (χ4n) is 2.72. The Morgan fingerprint density at radius 2 is 1.95 bits per heavy atom. The molecule has 2 rings (SSSR count). The topological polar surface area (TPSA) is 69.6 Å². The number of hydrogen-bond donors (Lipinski definition) is 2. The van der Waals surface area contributed by atoms with E-state index >= 15 is 0 Å². The Morgan fingerprint density at radius 1 is 1.30 bits per heavy atom. The highest BCUT2D eigenvalue weighted by atomic mass is 16.4. The van der Waals surface area contributed by atoms with Gasteiger partial charge >= 0.3 is 12.0 Å². The molecule has 0 radical (unpaired) electrons. The van der Waals surface area contributed by atoms with Crippen molar-refractivity contribution >= 4 is 17.7 Å². The molecule has 1 aromatic carbocycles. The van der Waals surface area contributed by atoms with Gasteiger partial charge in [-0.2, -0.15) is 0 Å². The van der Waals surface area contributed by atoms with Crippen molar-refractivity contribution < 1.29 is 14.7 Å². The number of aromatic carboxylic acids is 1. The van der Waals surface area contributed by atoms with Gasteiger partial charge in [0, 0.05) is 13.1 Å². The number of anilines is 1. The van der Waals surface area contributed by atoms with E-state index in [9.17, 15) is 14.7 Å². The third kappa shape index (κ3) is 2.92. The van der Waals surface area contributed by atoms with Crippen LogP contribution in [0.3, 0.4) is 0 Å². The first-order chi connectivity index (χ1) is 9.50. The smallest absolute Gasteiger partial charge is 0.338 e. The molecule has 0 heterocycles. The van der Waals surface area contributed by atoms with Gasteiger partial charge in [-0.05, 0) is 31.4 Å². The maximum Gasteiger partial charge on any atom is 0.338 e. The third-order valence-corrected chi connectivity index (χ3v) is 3.92. The molecule has 1 aliphatic carbocycles. The van der Waals surface area contributed by atoms with Crippen molar-refractivity contribution in [2.75, 3.05) is 12.4 Å². The Morgan fingerprint density at radius 3 is 2.55 bits per heavy atom. The summed E-state index contributed by atoms with van der Waals surface area (Å²) < 4.78 is 0. The van der Waals surface area contributed by atoms with Crippen LogP contribution in [-0.2, 0) is 0 Å². The van der Waals surface area contributed by atoms with E-state index in [4.69, 9.17) is 0 Å². The zero-order chi connectivity index (χ0) is 14.7. The highest BCUT2D eigenvalue weighted by Gasteiger charge is 2.24. The molecule has 1 fully saturated rings. The highest BCUT2D eigenvalue weighted by molar-refractivity contribution is 6.01. The van der Waals surface area contributed by atoms with E-state index in [-0.39, 0.29) is 17.6 Å². The van der Waals surface area contributed by atoms with Crippen LogP contribution in [0.1, 0.15) is 41.6 Å². The lowest BCUT2D eigenvalue weighted by atomic mass is 10.1. The second-order valence-electron chi connectivity index (χ2n) is 5.28. The molecule has 5 nitrogen and oxygen atoms in total. The number of nitrogens with one attached hydrogen (secondary N) is 1. The van der Waals surface area contributed by atoms with E-state index < -0.39 is 5.97 Å². The number of benzene rings is 1. The molecule has 0 aliphatic heterocycles. The van der Waals surface area contributed by atoms with E-state index in [0.717, 1.165) is 25.7 Å². The number of nitrogens with zero attached hydrogens (tertiary/aromatic N) is 1. The average Bonchev–Trinajstić information content (AvgIpc) is 2.91. The molecule has 0 atom stereocenters. The molecule has 2 amide bonds. The lowest BCUT2D eigenvalue weighted by Gasteiger charge is -2.25. The molecular weight excluding hydrogens is 256 g/mol. The SMILES string of the molecule is Cc1cccc(NC(=O)N(C)C2CCCC2)c1C(=O)O. The van der Waals surface area contributed by atoms with E-state index in [1.54, 1.807) is 37.1 Å². The number of carbonyl (C=O) groups is 2. The van der Waals surface area contributed by atoms with Crippen molar-refractivity contribution in [3.63, 3.8) is 0 Å². The Bertz CT molecular complexity index is 522. The van der Waals surface area contributed by atoms with Crippen LogP contribution in [0.5, 0.6) is 0 Å². The van der Waals surface area contributed by atoms with Crippen LogP contribution < -0.4 is 5.32 Å². The van der Waals surface area contributed by atoms with Crippen LogP contribution in [0.4, 0.5) is 10.5 Å². The van der Waals surface area contributed by atoms with Crippen LogP contribution in [0, 0.1) is 6.92 Å². The summed E-state index contributed by atoms with van der Waals surface area (Å²) in [5, 5.41) is 12.0. The zero-order valence-corrected chi connectivity index (χ0v) is 11.8. The monoisotopic (exact) mass is 276 g/mol. The highest BCUT2D eigenvalue weighted by Crippen LogP contribution is 2.24. The van der Waals surface area contributed by atoms with E-state index in [1.165, 1.54) is 0 Å². The number of carbonyl (C=O) groups excluding carboxylic acids is 1. The Labute approximate surface area is 118 Å².